The molecule has 0 aromatic heterocycles. The van der Waals surface area contributed by atoms with E-state index in [0.717, 1.165) is 17.0 Å². The standard InChI is InChI=1S/C17H20F4N2O3/c1-16(2,3)26-15(25)23-8-11(9-23)22(4)14(24)12-6-5-10(18)7-13(12)17(19,20)21/h5-7,11H,8-9H2,1-4H3. The number of carbonyl (C=O) groups excluding carboxylic acids is 2. The van der Waals surface area contributed by atoms with Crippen molar-refractivity contribution in [3.8, 4) is 0 Å². The molecule has 5 nitrogen and oxygen atoms in total. The molecule has 144 valence electrons. The molecule has 1 saturated heterocycles. The smallest absolute Gasteiger partial charge is 0.417 e. The van der Waals surface area contributed by atoms with Gasteiger partial charge in [-0.1, -0.05) is 0 Å². The first-order valence-corrected chi connectivity index (χ1v) is 7.91. The number of likely N-dealkylation sites (N-methyl/N-ethyl adjacent to an activating group) is 1. The zero-order chi connectivity index (χ0) is 19.9. The van der Waals surface area contributed by atoms with Gasteiger partial charge in [-0.3, -0.25) is 4.79 Å². The fourth-order valence-electron chi connectivity index (χ4n) is 2.47. The average Bonchev–Trinajstić information content (AvgIpc) is 2.41. The Hall–Kier alpha value is -2.32. The third-order valence-corrected chi connectivity index (χ3v) is 3.90. The molecule has 26 heavy (non-hydrogen) atoms. The zero-order valence-corrected chi connectivity index (χ0v) is 14.9. The summed E-state index contributed by atoms with van der Waals surface area (Å²) in [6.07, 6.45) is -5.40. The number of hydrogen-bond donors (Lipinski definition) is 0. The number of nitrogens with zero attached hydrogens (tertiary/aromatic N) is 2. The molecule has 1 heterocycles. The first kappa shape index (κ1) is 20.0. The Bertz CT molecular complexity index is 707. The van der Waals surface area contributed by atoms with E-state index in [0.29, 0.717) is 6.07 Å². The second kappa shape index (κ2) is 6.77. The van der Waals surface area contributed by atoms with Gasteiger partial charge in [0.1, 0.15) is 11.4 Å². The van der Waals surface area contributed by atoms with Gasteiger partial charge in [0.2, 0.25) is 0 Å². The van der Waals surface area contributed by atoms with E-state index in [1.54, 1.807) is 20.8 Å². The lowest BCUT2D eigenvalue weighted by molar-refractivity contribution is -0.138. The second-order valence-corrected chi connectivity index (χ2v) is 7.14. The highest BCUT2D eigenvalue weighted by Gasteiger charge is 2.40. The van der Waals surface area contributed by atoms with Crippen LogP contribution >= 0.6 is 0 Å². The molecule has 2 amide bonds. The minimum absolute atomic E-state index is 0.152. The van der Waals surface area contributed by atoms with E-state index in [4.69, 9.17) is 4.74 Å². The second-order valence-electron chi connectivity index (χ2n) is 7.14. The van der Waals surface area contributed by atoms with Crippen molar-refractivity contribution >= 4 is 12.0 Å². The maximum absolute atomic E-state index is 13.2. The average molecular weight is 376 g/mol. The number of likely N-dealkylation sites (tertiary alicyclic amines) is 1. The van der Waals surface area contributed by atoms with Crippen LogP contribution in [0.3, 0.4) is 0 Å². The number of carbonyl (C=O) groups is 2. The topological polar surface area (TPSA) is 49.9 Å². The van der Waals surface area contributed by atoms with Crippen molar-refractivity contribution < 1.29 is 31.9 Å². The number of ether oxygens (including phenoxy) is 1. The predicted octanol–water partition coefficient (Wildman–Crippen LogP) is 3.54. The van der Waals surface area contributed by atoms with Gasteiger partial charge >= 0.3 is 12.3 Å². The van der Waals surface area contributed by atoms with Gasteiger partial charge in [-0.05, 0) is 39.0 Å². The molecule has 0 spiro atoms. The minimum atomic E-state index is -4.85. The van der Waals surface area contributed by atoms with E-state index in [1.165, 1.54) is 11.9 Å². The van der Waals surface area contributed by atoms with Gasteiger partial charge in [-0.2, -0.15) is 13.2 Å². The van der Waals surface area contributed by atoms with Crippen LogP contribution in [0.5, 0.6) is 0 Å². The summed E-state index contributed by atoms with van der Waals surface area (Å²) in [5, 5.41) is 0. The predicted molar refractivity (Wildman–Crippen MR) is 85.1 cm³/mol. The fourth-order valence-corrected chi connectivity index (χ4v) is 2.47. The Morgan fingerprint density at radius 3 is 2.27 bits per heavy atom. The fraction of sp³-hybridized carbons (Fsp3) is 0.529. The van der Waals surface area contributed by atoms with Gasteiger partial charge in [0.05, 0.1) is 17.2 Å². The highest BCUT2D eigenvalue weighted by atomic mass is 19.4. The number of rotatable bonds is 2. The Morgan fingerprint density at radius 1 is 1.19 bits per heavy atom. The van der Waals surface area contributed by atoms with Crippen molar-refractivity contribution in [1.82, 2.24) is 9.80 Å². The molecular formula is C17H20F4N2O3. The van der Waals surface area contributed by atoms with Crippen molar-refractivity contribution in [1.29, 1.82) is 0 Å². The largest absolute Gasteiger partial charge is 0.444 e. The maximum atomic E-state index is 13.2. The van der Waals surface area contributed by atoms with Crippen molar-refractivity contribution in [2.45, 2.75) is 38.6 Å². The lowest BCUT2D eigenvalue weighted by atomic mass is 10.0. The molecule has 0 saturated carbocycles. The van der Waals surface area contributed by atoms with Crippen LogP contribution < -0.4 is 0 Å². The van der Waals surface area contributed by atoms with Crippen LogP contribution in [0.2, 0.25) is 0 Å². The Morgan fingerprint density at radius 2 is 1.77 bits per heavy atom. The summed E-state index contributed by atoms with van der Waals surface area (Å²) in [5.74, 6) is -1.96. The molecule has 0 unspecified atom stereocenters. The van der Waals surface area contributed by atoms with Crippen LogP contribution in [-0.4, -0.2) is 53.6 Å². The van der Waals surface area contributed by atoms with Crippen molar-refractivity contribution in [3.63, 3.8) is 0 Å². The SMILES string of the molecule is CN(C(=O)c1ccc(F)cc1C(F)(F)F)C1CN(C(=O)OC(C)(C)C)C1. The first-order valence-electron chi connectivity index (χ1n) is 7.91. The first-order chi connectivity index (χ1) is 11.8. The summed E-state index contributed by atoms with van der Waals surface area (Å²) in [5.41, 5.74) is -2.62. The third kappa shape index (κ3) is 4.44. The molecule has 2 rings (SSSR count). The van der Waals surface area contributed by atoms with Crippen LogP contribution in [0.25, 0.3) is 0 Å². The highest BCUT2D eigenvalue weighted by molar-refractivity contribution is 5.96. The summed E-state index contributed by atoms with van der Waals surface area (Å²) in [7, 11) is 1.35. The van der Waals surface area contributed by atoms with Gasteiger partial charge in [0.25, 0.3) is 5.91 Å². The number of halogens is 4. The van der Waals surface area contributed by atoms with E-state index in [2.05, 4.69) is 0 Å². The molecule has 1 aliphatic rings. The summed E-state index contributed by atoms with van der Waals surface area (Å²) >= 11 is 0. The van der Waals surface area contributed by atoms with Gasteiger partial charge in [-0.25, -0.2) is 9.18 Å². The molecule has 0 aliphatic carbocycles. The van der Waals surface area contributed by atoms with E-state index < -0.39 is 46.8 Å². The van der Waals surface area contributed by atoms with Crippen molar-refractivity contribution in [2.75, 3.05) is 20.1 Å². The molecule has 9 heteroatoms. The number of hydrogen-bond acceptors (Lipinski definition) is 3. The molecule has 0 bridgehead atoms. The molecule has 1 aliphatic heterocycles. The number of amides is 2. The molecule has 1 aromatic rings. The van der Waals surface area contributed by atoms with Crippen LogP contribution in [0.1, 0.15) is 36.7 Å². The van der Waals surface area contributed by atoms with E-state index in [-0.39, 0.29) is 13.1 Å². The quantitative estimate of drug-likeness (QED) is 0.742. The molecular weight excluding hydrogens is 356 g/mol. The van der Waals surface area contributed by atoms with Crippen molar-refractivity contribution in [3.05, 3.63) is 35.1 Å². The van der Waals surface area contributed by atoms with Crippen LogP contribution in [-0.2, 0) is 10.9 Å². The summed E-state index contributed by atoms with van der Waals surface area (Å²) in [6.45, 7) is 5.44. The third-order valence-electron chi connectivity index (χ3n) is 3.90. The summed E-state index contributed by atoms with van der Waals surface area (Å²) < 4.78 is 57.6. The summed E-state index contributed by atoms with van der Waals surface area (Å²) in [4.78, 5) is 26.8. The van der Waals surface area contributed by atoms with Gasteiger partial charge < -0.3 is 14.5 Å². The molecule has 1 fully saturated rings. The van der Waals surface area contributed by atoms with Gasteiger partial charge in [-0.15, -0.1) is 0 Å². The van der Waals surface area contributed by atoms with Gasteiger partial charge in [0.15, 0.2) is 0 Å². The van der Waals surface area contributed by atoms with Crippen LogP contribution in [0, 0.1) is 5.82 Å². The Balaban J connectivity index is 2.08. The van der Waals surface area contributed by atoms with E-state index in [9.17, 15) is 27.2 Å². The molecule has 1 aromatic carbocycles. The normalized spacial score (nSPS) is 15.5. The van der Waals surface area contributed by atoms with Crippen LogP contribution in [0.15, 0.2) is 18.2 Å². The molecule has 0 atom stereocenters. The van der Waals surface area contributed by atoms with Crippen LogP contribution in [0.4, 0.5) is 22.4 Å². The number of benzene rings is 1. The number of alkyl halides is 3. The lowest BCUT2D eigenvalue weighted by Crippen LogP contribution is -2.62. The highest BCUT2D eigenvalue weighted by Crippen LogP contribution is 2.33. The van der Waals surface area contributed by atoms with Crippen molar-refractivity contribution in [2.24, 2.45) is 0 Å². The maximum Gasteiger partial charge on any atom is 0.417 e. The monoisotopic (exact) mass is 376 g/mol. The minimum Gasteiger partial charge on any atom is -0.444 e. The van der Waals surface area contributed by atoms with E-state index >= 15 is 0 Å². The van der Waals surface area contributed by atoms with E-state index in [1.807, 2.05) is 0 Å². The molecule has 0 N–H and O–H groups in total. The molecule has 0 radical (unpaired) electrons. The Labute approximate surface area is 148 Å². The lowest BCUT2D eigenvalue weighted by Gasteiger charge is -2.44. The Kier molecular flexibility index (Phi) is 5.21. The zero-order valence-electron chi connectivity index (χ0n) is 14.9. The van der Waals surface area contributed by atoms with Gasteiger partial charge in [0, 0.05) is 20.1 Å². The summed E-state index contributed by atoms with van der Waals surface area (Å²) in [6, 6.07) is 1.49.